The van der Waals surface area contributed by atoms with Crippen LogP contribution >= 0.6 is 0 Å². The number of likely N-dealkylation sites (N-methyl/N-ethyl adjacent to an activating group) is 1. The zero-order valence-corrected chi connectivity index (χ0v) is 16.4. The lowest BCUT2D eigenvalue weighted by atomic mass is 9.99. The second kappa shape index (κ2) is 9.27. The molecule has 0 saturated heterocycles. The maximum Gasteiger partial charge on any atom is 0.401 e. The summed E-state index contributed by atoms with van der Waals surface area (Å²) in [4.78, 5) is 19.2. The standard InChI is InChI=1S/C21H23F3N4O2/c1-2-27(14-21(22,23)24)13-17-20(16-6-4-3-5-7-16)25-18-12-15(10-11-28(17)18)8-9-19(29)26-30/h3-12,17,20,30H,2,13-14H2,1H3,(H,26,29)/b9-8+. The summed E-state index contributed by atoms with van der Waals surface area (Å²) in [7, 11) is 0. The van der Waals surface area contributed by atoms with Crippen molar-refractivity contribution in [1.29, 1.82) is 0 Å². The number of rotatable bonds is 7. The van der Waals surface area contributed by atoms with Crippen LogP contribution in [0.5, 0.6) is 0 Å². The lowest BCUT2D eigenvalue weighted by Crippen LogP contribution is -2.46. The summed E-state index contributed by atoms with van der Waals surface area (Å²) in [6, 6.07) is 8.84. The van der Waals surface area contributed by atoms with E-state index in [2.05, 4.69) is 0 Å². The molecule has 2 atom stereocenters. The number of hydrogen-bond acceptors (Lipinski definition) is 5. The van der Waals surface area contributed by atoms with Crippen LogP contribution < -0.4 is 5.48 Å². The molecule has 9 heteroatoms. The lowest BCUT2D eigenvalue weighted by molar-refractivity contribution is -0.146. The number of aliphatic imine (C=N–C) groups is 1. The van der Waals surface area contributed by atoms with E-state index in [1.807, 2.05) is 35.2 Å². The molecule has 0 bridgehead atoms. The molecule has 6 nitrogen and oxygen atoms in total. The Balaban J connectivity index is 1.88. The third kappa shape index (κ3) is 5.37. The third-order valence-corrected chi connectivity index (χ3v) is 4.95. The van der Waals surface area contributed by atoms with E-state index in [4.69, 9.17) is 10.2 Å². The first-order valence-electron chi connectivity index (χ1n) is 9.53. The van der Waals surface area contributed by atoms with E-state index in [9.17, 15) is 18.0 Å². The molecular formula is C21H23F3N4O2. The van der Waals surface area contributed by atoms with Crippen molar-refractivity contribution in [3.05, 3.63) is 72.0 Å². The van der Waals surface area contributed by atoms with Crippen LogP contribution in [-0.4, -0.2) is 58.6 Å². The van der Waals surface area contributed by atoms with Gasteiger partial charge < -0.3 is 4.90 Å². The van der Waals surface area contributed by atoms with Gasteiger partial charge in [-0.25, -0.2) is 5.48 Å². The molecule has 2 N–H and O–H groups in total. The quantitative estimate of drug-likeness (QED) is 0.404. The molecule has 2 unspecified atom stereocenters. The number of hydroxylamine groups is 1. The number of nitrogens with zero attached hydrogens (tertiary/aromatic N) is 3. The molecular weight excluding hydrogens is 397 g/mol. The van der Waals surface area contributed by atoms with Crippen LogP contribution in [0.3, 0.4) is 0 Å². The van der Waals surface area contributed by atoms with Crippen molar-refractivity contribution in [2.75, 3.05) is 19.6 Å². The largest absolute Gasteiger partial charge is 0.401 e. The maximum absolute atomic E-state index is 13.0. The first kappa shape index (κ1) is 21.8. The van der Waals surface area contributed by atoms with Crippen molar-refractivity contribution in [2.24, 2.45) is 4.99 Å². The summed E-state index contributed by atoms with van der Waals surface area (Å²) >= 11 is 0. The van der Waals surface area contributed by atoms with Crippen molar-refractivity contribution < 1.29 is 23.2 Å². The van der Waals surface area contributed by atoms with Crippen molar-refractivity contribution in [3.8, 4) is 0 Å². The second-order valence-electron chi connectivity index (χ2n) is 7.03. The van der Waals surface area contributed by atoms with E-state index in [1.165, 1.54) is 22.5 Å². The zero-order valence-electron chi connectivity index (χ0n) is 16.4. The molecule has 0 aliphatic carbocycles. The van der Waals surface area contributed by atoms with Crippen LogP contribution in [0, 0.1) is 0 Å². The lowest BCUT2D eigenvalue weighted by Gasteiger charge is -2.33. The van der Waals surface area contributed by atoms with Gasteiger partial charge >= 0.3 is 6.18 Å². The van der Waals surface area contributed by atoms with Crippen molar-refractivity contribution in [1.82, 2.24) is 15.3 Å². The van der Waals surface area contributed by atoms with Crippen LogP contribution in [0.4, 0.5) is 13.2 Å². The Morgan fingerprint density at radius 1 is 1.33 bits per heavy atom. The summed E-state index contributed by atoms with van der Waals surface area (Å²) in [5, 5.41) is 8.59. The number of allylic oxidation sites excluding steroid dienone is 3. The van der Waals surface area contributed by atoms with Gasteiger partial charge in [0.2, 0.25) is 0 Å². The number of carbonyl (C=O) groups is 1. The van der Waals surface area contributed by atoms with Crippen LogP contribution in [0.15, 0.2) is 71.4 Å². The highest BCUT2D eigenvalue weighted by atomic mass is 19.4. The van der Waals surface area contributed by atoms with Crippen LogP contribution in [-0.2, 0) is 4.79 Å². The second-order valence-corrected chi connectivity index (χ2v) is 7.03. The van der Waals surface area contributed by atoms with Crippen LogP contribution in [0.2, 0.25) is 0 Å². The summed E-state index contributed by atoms with van der Waals surface area (Å²) < 4.78 is 39.0. The van der Waals surface area contributed by atoms with E-state index in [-0.39, 0.29) is 25.2 Å². The topological polar surface area (TPSA) is 68.2 Å². The van der Waals surface area contributed by atoms with E-state index in [1.54, 1.807) is 25.3 Å². The Kier molecular flexibility index (Phi) is 6.73. The number of benzene rings is 1. The average Bonchev–Trinajstić information content (AvgIpc) is 3.08. The van der Waals surface area contributed by atoms with E-state index < -0.39 is 18.6 Å². The molecule has 2 aliphatic rings. The average molecular weight is 420 g/mol. The van der Waals surface area contributed by atoms with E-state index in [0.717, 1.165) is 5.56 Å². The maximum atomic E-state index is 13.0. The van der Waals surface area contributed by atoms with Gasteiger partial charge in [0, 0.05) is 18.8 Å². The molecule has 0 radical (unpaired) electrons. The summed E-state index contributed by atoms with van der Waals surface area (Å²) in [5.41, 5.74) is 3.12. The molecule has 0 fully saturated rings. The molecule has 0 spiro atoms. The van der Waals surface area contributed by atoms with Gasteiger partial charge in [-0.1, -0.05) is 37.3 Å². The first-order chi connectivity index (χ1) is 14.3. The van der Waals surface area contributed by atoms with Gasteiger partial charge in [0.15, 0.2) is 0 Å². The number of carbonyl (C=O) groups excluding carboxylic acids is 1. The highest BCUT2D eigenvalue weighted by molar-refractivity contribution is 5.98. The summed E-state index contributed by atoms with van der Waals surface area (Å²) in [5.74, 6) is -0.0469. The SMILES string of the molecule is CCN(CC1C(c2ccccc2)N=C2C=C(/C=C/C(=O)NO)C=CN21)CC(F)(F)F. The van der Waals surface area contributed by atoms with Crippen LogP contribution in [0.25, 0.3) is 0 Å². The highest BCUT2D eigenvalue weighted by Crippen LogP contribution is 2.35. The van der Waals surface area contributed by atoms with Gasteiger partial charge in [0.25, 0.3) is 5.91 Å². The molecule has 2 heterocycles. The van der Waals surface area contributed by atoms with Gasteiger partial charge in [-0.3, -0.25) is 19.9 Å². The minimum Gasteiger partial charge on any atom is -0.326 e. The van der Waals surface area contributed by atoms with E-state index >= 15 is 0 Å². The normalized spacial score (nSPS) is 21.1. The number of nitrogens with one attached hydrogen (secondary N) is 1. The molecule has 1 amide bonds. The summed E-state index contributed by atoms with van der Waals surface area (Å²) in [6.45, 7) is 1.19. The number of halogens is 3. The Hall–Kier alpha value is -2.91. The molecule has 1 aromatic carbocycles. The first-order valence-corrected chi connectivity index (χ1v) is 9.53. The molecule has 2 aliphatic heterocycles. The van der Waals surface area contributed by atoms with Crippen molar-refractivity contribution in [3.63, 3.8) is 0 Å². The predicted molar refractivity (Wildman–Crippen MR) is 107 cm³/mol. The Morgan fingerprint density at radius 2 is 2.07 bits per heavy atom. The fourth-order valence-corrected chi connectivity index (χ4v) is 3.55. The minimum absolute atomic E-state index is 0.193. The molecule has 0 saturated carbocycles. The smallest absolute Gasteiger partial charge is 0.326 e. The fraction of sp³-hybridized carbons (Fsp3) is 0.333. The van der Waals surface area contributed by atoms with Gasteiger partial charge in [0.05, 0.1) is 18.6 Å². The molecule has 30 heavy (non-hydrogen) atoms. The molecule has 0 aromatic heterocycles. The van der Waals surface area contributed by atoms with Gasteiger partial charge in [-0.15, -0.1) is 0 Å². The third-order valence-electron chi connectivity index (χ3n) is 4.95. The monoisotopic (exact) mass is 420 g/mol. The molecule has 1 aromatic rings. The Labute approximate surface area is 172 Å². The predicted octanol–water partition coefficient (Wildman–Crippen LogP) is 3.21. The van der Waals surface area contributed by atoms with Crippen LogP contribution in [0.1, 0.15) is 18.5 Å². The number of amides is 1. The Morgan fingerprint density at radius 3 is 2.70 bits per heavy atom. The highest BCUT2D eigenvalue weighted by Gasteiger charge is 2.39. The minimum atomic E-state index is -4.27. The number of fused-ring (bicyclic) bond motifs is 1. The number of hydrogen-bond donors (Lipinski definition) is 2. The van der Waals surface area contributed by atoms with Gasteiger partial charge in [-0.05, 0) is 35.9 Å². The molecule has 3 rings (SSSR count). The van der Waals surface area contributed by atoms with E-state index in [0.29, 0.717) is 11.4 Å². The Bertz CT molecular complexity index is 878. The van der Waals surface area contributed by atoms with Crippen molar-refractivity contribution >= 4 is 11.7 Å². The van der Waals surface area contributed by atoms with Crippen molar-refractivity contribution in [2.45, 2.75) is 25.2 Å². The number of alkyl halides is 3. The van der Waals surface area contributed by atoms with Gasteiger partial charge in [0.1, 0.15) is 5.84 Å². The fourth-order valence-electron chi connectivity index (χ4n) is 3.55. The van der Waals surface area contributed by atoms with Gasteiger partial charge in [-0.2, -0.15) is 13.2 Å². The number of amidine groups is 1. The zero-order chi connectivity index (χ0) is 21.7. The summed E-state index contributed by atoms with van der Waals surface area (Å²) in [6.07, 6.45) is 3.70. The molecule has 160 valence electrons.